The molecule has 0 saturated heterocycles. The number of ether oxygens (including phenoxy) is 1. The van der Waals surface area contributed by atoms with E-state index in [0.717, 1.165) is 5.56 Å². The van der Waals surface area contributed by atoms with Crippen molar-refractivity contribution in [1.29, 1.82) is 0 Å². The minimum absolute atomic E-state index is 0.0319. The molecule has 0 aliphatic rings. The van der Waals surface area contributed by atoms with E-state index in [9.17, 15) is 4.79 Å². The van der Waals surface area contributed by atoms with E-state index in [1.165, 1.54) is 12.4 Å². The van der Waals surface area contributed by atoms with Crippen molar-refractivity contribution in [2.75, 3.05) is 6.61 Å². The number of nitrogens with zero attached hydrogens (tertiary/aromatic N) is 1. The van der Waals surface area contributed by atoms with E-state index in [1.54, 1.807) is 6.92 Å². The lowest BCUT2D eigenvalue weighted by Gasteiger charge is -2.06. The summed E-state index contributed by atoms with van der Waals surface area (Å²) in [5, 5.41) is 0. The van der Waals surface area contributed by atoms with Gasteiger partial charge in [0.15, 0.2) is 0 Å². The molecule has 1 rings (SSSR count). The highest BCUT2D eigenvalue weighted by Crippen LogP contribution is 2.15. The summed E-state index contributed by atoms with van der Waals surface area (Å²) in [6.45, 7) is 4.01. The summed E-state index contributed by atoms with van der Waals surface area (Å²) >= 11 is 0. The molecule has 2 N–H and O–H groups in total. The van der Waals surface area contributed by atoms with Gasteiger partial charge >= 0.3 is 5.97 Å². The van der Waals surface area contributed by atoms with Gasteiger partial charge in [-0.3, -0.25) is 4.99 Å². The SMILES string of the molecule is CCOC(=O)/C(C=NC(C)c1ccccc1)=C/N. The summed E-state index contributed by atoms with van der Waals surface area (Å²) in [5.74, 6) is -0.455. The molecule has 1 unspecified atom stereocenters. The molecule has 0 amide bonds. The van der Waals surface area contributed by atoms with Crippen LogP contribution in [-0.2, 0) is 9.53 Å². The van der Waals surface area contributed by atoms with Crippen LogP contribution in [0.1, 0.15) is 25.5 Å². The molecule has 0 heterocycles. The first-order valence-electron chi connectivity index (χ1n) is 5.86. The second-order valence-corrected chi connectivity index (χ2v) is 3.71. The Morgan fingerprint density at radius 2 is 2.11 bits per heavy atom. The van der Waals surface area contributed by atoms with Crippen LogP contribution >= 0.6 is 0 Å². The van der Waals surface area contributed by atoms with Gasteiger partial charge < -0.3 is 10.5 Å². The van der Waals surface area contributed by atoms with Crippen LogP contribution in [0.3, 0.4) is 0 Å². The van der Waals surface area contributed by atoms with Gasteiger partial charge in [0, 0.05) is 12.4 Å². The third-order valence-corrected chi connectivity index (χ3v) is 2.41. The zero-order valence-corrected chi connectivity index (χ0v) is 10.7. The lowest BCUT2D eigenvalue weighted by atomic mass is 10.1. The van der Waals surface area contributed by atoms with Crippen molar-refractivity contribution in [3.63, 3.8) is 0 Å². The molecule has 0 fully saturated rings. The Labute approximate surface area is 107 Å². The maximum atomic E-state index is 11.5. The number of aliphatic imine (C=N–C) groups is 1. The monoisotopic (exact) mass is 246 g/mol. The minimum Gasteiger partial charge on any atom is -0.462 e. The van der Waals surface area contributed by atoms with Crippen LogP contribution in [0.15, 0.2) is 47.1 Å². The van der Waals surface area contributed by atoms with E-state index in [0.29, 0.717) is 6.61 Å². The Bertz CT molecular complexity index is 438. The zero-order valence-electron chi connectivity index (χ0n) is 10.7. The number of hydrogen-bond acceptors (Lipinski definition) is 4. The number of hydrogen-bond donors (Lipinski definition) is 1. The molecule has 0 radical (unpaired) electrons. The molecule has 0 saturated carbocycles. The van der Waals surface area contributed by atoms with Gasteiger partial charge in [0.1, 0.15) is 0 Å². The van der Waals surface area contributed by atoms with Gasteiger partial charge in [-0.15, -0.1) is 0 Å². The minimum atomic E-state index is -0.455. The van der Waals surface area contributed by atoms with Crippen molar-refractivity contribution in [2.24, 2.45) is 10.7 Å². The largest absolute Gasteiger partial charge is 0.462 e. The van der Waals surface area contributed by atoms with Gasteiger partial charge in [-0.25, -0.2) is 4.79 Å². The van der Waals surface area contributed by atoms with Gasteiger partial charge in [-0.1, -0.05) is 30.3 Å². The molecule has 4 heteroatoms. The maximum absolute atomic E-state index is 11.5. The number of benzene rings is 1. The van der Waals surface area contributed by atoms with Crippen LogP contribution in [0.25, 0.3) is 0 Å². The summed E-state index contributed by atoms with van der Waals surface area (Å²) in [7, 11) is 0. The summed E-state index contributed by atoms with van der Waals surface area (Å²) in [6.07, 6.45) is 2.66. The highest BCUT2D eigenvalue weighted by Gasteiger charge is 2.08. The number of rotatable bonds is 5. The van der Waals surface area contributed by atoms with Crippen molar-refractivity contribution in [3.8, 4) is 0 Å². The predicted octanol–water partition coefficient (Wildman–Crippen LogP) is 2.22. The zero-order chi connectivity index (χ0) is 13.4. The predicted molar refractivity (Wildman–Crippen MR) is 72.3 cm³/mol. The molecule has 18 heavy (non-hydrogen) atoms. The number of esters is 1. The van der Waals surface area contributed by atoms with Gasteiger partial charge in [0.2, 0.25) is 0 Å². The fourth-order valence-corrected chi connectivity index (χ4v) is 1.39. The second kappa shape index (κ2) is 7.27. The normalized spacial score (nSPS) is 13.6. The molecule has 1 aromatic carbocycles. The fraction of sp³-hybridized carbons (Fsp3) is 0.286. The number of nitrogens with two attached hydrogens (primary N) is 1. The van der Waals surface area contributed by atoms with Gasteiger partial charge in [0.05, 0.1) is 18.2 Å². The molecular weight excluding hydrogens is 228 g/mol. The smallest absolute Gasteiger partial charge is 0.341 e. The third-order valence-electron chi connectivity index (χ3n) is 2.41. The molecule has 96 valence electrons. The van der Waals surface area contributed by atoms with Crippen molar-refractivity contribution in [2.45, 2.75) is 19.9 Å². The quantitative estimate of drug-likeness (QED) is 0.492. The topological polar surface area (TPSA) is 64.7 Å². The summed E-state index contributed by atoms with van der Waals surface area (Å²) < 4.78 is 4.85. The fourth-order valence-electron chi connectivity index (χ4n) is 1.39. The Hall–Kier alpha value is -2.10. The summed E-state index contributed by atoms with van der Waals surface area (Å²) in [5.41, 5.74) is 6.72. The number of carbonyl (C=O) groups excluding carboxylic acids is 1. The summed E-state index contributed by atoms with van der Waals surface area (Å²) in [6, 6.07) is 9.79. The van der Waals surface area contributed by atoms with Gasteiger partial charge in [0.25, 0.3) is 0 Å². The molecule has 0 bridgehead atoms. The van der Waals surface area contributed by atoms with E-state index < -0.39 is 5.97 Å². The van der Waals surface area contributed by atoms with Crippen LogP contribution in [0.2, 0.25) is 0 Å². The third kappa shape index (κ3) is 4.05. The maximum Gasteiger partial charge on any atom is 0.341 e. The highest BCUT2D eigenvalue weighted by molar-refractivity contribution is 6.09. The van der Waals surface area contributed by atoms with Crippen LogP contribution in [0.4, 0.5) is 0 Å². The first-order chi connectivity index (χ1) is 8.69. The van der Waals surface area contributed by atoms with Crippen molar-refractivity contribution < 1.29 is 9.53 Å². The van der Waals surface area contributed by atoms with Gasteiger partial charge in [-0.2, -0.15) is 0 Å². The Morgan fingerprint density at radius 1 is 1.44 bits per heavy atom. The van der Waals surface area contributed by atoms with E-state index in [2.05, 4.69) is 4.99 Å². The number of carbonyl (C=O) groups is 1. The molecule has 0 aromatic heterocycles. The van der Waals surface area contributed by atoms with Crippen molar-refractivity contribution >= 4 is 12.2 Å². The van der Waals surface area contributed by atoms with Crippen molar-refractivity contribution in [1.82, 2.24) is 0 Å². The molecule has 4 nitrogen and oxygen atoms in total. The molecule has 0 spiro atoms. The molecular formula is C14H18N2O2. The molecule has 1 atom stereocenters. The van der Waals surface area contributed by atoms with E-state index in [1.807, 2.05) is 37.3 Å². The van der Waals surface area contributed by atoms with Crippen LogP contribution in [-0.4, -0.2) is 18.8 Å². The van der Waals surface area contributed by atoms with E-state index in [4.69, 9.17) is 10.5 Å². The lowest BCUT2D eigenvalue weighted by molar-refractivity contribution is -0.137. The average molecular weight is 246 g/mol. The first-order valence-corrected chi connectivity index (χ1v) is 5.86. The molecule has 0 aliphatic heterocycles. The Balaban J connectivity index is 2.71. The van der Waals surface area contributed by atoms with Gasteiger partial charge in [-0.05, 0) is 19.4 Å². The highest BCUT2D eigenvalue weighted by atomic mass is 16.5. The van der Waals surface area contributed by atoms with Crippen LogP contribution in [0, 0.1) is 0 Å². The standard InChI is InChI=1S/C14H18N2O2/c1-3-18-14(17)13(9-15)10-16-11(2)12-7-5-4-6-8-12/h4-11H,3,15H2,1-2H3/b13-9+,16-10?. The van der Waals surface area contributed by atoms with E-state index in [-0.39, 0.29) is 11.6 Å². The first kappa shape index (κ1) is 14.0. The second-order valence-electron chi connectivity index (χ2n) is 3.71. The summed E-state index contributed by atoms with van der Waals surface area (Å²) in [4.78, 5) is 15.8. The molecule has 0 aliphatic carbocycles. The van der Waals surface area contributed by atoms with Crippen molar-refractivity contribution in [3.05, 3.63) is 47.7 Å². The lowest BCUT2D eigenvalue weighted by Crippen LogP contribution is -2.10. The van der Waals surface area contributed by atoms with Crippen LogP contribution < -0.4 is 5.73 Å². The van der Waals surface area contributed by atoms with Crippen LogP contribution in [0.5, 0.6) is 0 Å². The average Bonchev–Trinajstić information content (AvgIpc) is 2.40. The molecule has 1 aromatic rings. The Kier molecular flexibility index (Phi) is 5.64. The van der Waals surface area contributed by atoms with E-state index >= 15 is 0 Å². The Morgan fingerprint density at radius 3 is 2.67 bits per heavy atom.